The molecule has 0 N–H and O–H groups in total. The molecule has 120 valence electrons. The highest BCUT2D eigenvalue weighted by atomic mass is 32.1. The molecule has 0 nitrogen and oxygen atoms in total. The molecule has 0 atom stereocenters. The molecule has 0 saturated heterocycles. The zero-order chi connectivity index (χ0) is 16.1. The van der Waals surface area contributed by atoms with E-state index in [1.54, 1.807) is 10.3 Å². The van der Waals surface area contributed by atoms with Crippen molar-refractivity contribution in [3.8, 4) is 0 Å². The summed E-state index contributed by atoms with van der Waals surface area (Å²) in [6.45, 7) is 2.20. The van der Waals surface area contributed by atoms with Crippen molar-refractivity contribution in [1.82, 2.24) is 0 Å². The van der Waals surface area contributed by atoms with Crippen molar-refractivity contribution >= 4 is 42.3 Å². The van der Waals surface area contributed by atoms with E-state index < -0.39 is 0 Å². The Bertz CT molecular complexity index is 1050. The minimum absolute atomic E-state index is 0.750. The van der Waals surface area contributed by atoms with E-state index in [0.29, 0.717) is 0 Å². The molecule has 0 radical (unpaired) electrons. The molecule has 5 rings (SSSR count). The third-order valence-corrected chi connectivity index (χ3v) is 6.91. The van der Waals surface area contributed by atoms with E-state index in [-0.39, 0.29) is 0 Å². The van der Waals surface area contributed by atoms with E-state index in [1.165, 1.54) is 63.9 Å². The predicted octanol–water partition coefficient (Wildman–Crippen LogP) is 7.56. The molecule has 0 spiro atoms. The lowest BCUT2D eigenvalue weighted by atomic mass is 9.82. The minimum atomic E-state index is 0.750. The van der Waals surface area contributed by atoms with E-state index >= 15 is 0 Å². The van der Waals surface area contributed by atoms with Gasteiger partial charge in [-0.05, 0) is 60.2 Å². The lowest BCUT2D eigenvalue weighted by molar-refractivity contribution is 0.446. The SMILES string of the molecule is Cc1ccc2sc3c(C4CCCCC4)cc4ccccc4c3c2c1. The zero-order valence-electron chi connectivity index (χ0n) is 14.1. The summed E-state index contributed by atoms with van der Waals surface area (Å²) in [5.41, 5.74) is 2.97. The summed E-state index contributed by atoms with van der Waals surface area (Å²) in [5.74, 6) is 0.750. The van der Waals surface area contributed by atoms with Gasteiger partial charge in [0.05, 0.1) is 0 Å². The summed E-state index contributed by atoms with van der Waals surface area (Å²) in [7, 11) is 0. The first-order chi connectivity index (χ1) is 11.8. The largest absolute Gasteiger partial charge is 0.135 e. The average Bonchev–Trinajstić information content (AvgIpc) is 3.01. The van der Waals surface area contributed by atoms with Crippen molar-refractivity contribution in [3.05, 3.63) is 59.7 Å². The van der Waals surface area contributed by atoms with E-state index in [2.05, 4.69) is 55.5 Å². The normalized spacial score (nSPS) is 16.4. The Balaban J connectivity index is 1.92. The highest BCUT2D eigenvalue weighted by Crippen LogP contribution is 2.45. The molecule has 3 aromatic carbocycles. The first-order valence-electron chi connectivity index (χ1n) is 9.16. The van der Waals surface area contributed by atoms with Gasteiger partial charge in [0.25, 0.3) is 0 Å². The van der Waals surface area contributed by atoms with Gasteiger partial charge in [-0.1, -0.05) is 55.2 Å². The monoisotopic (exact) mass is 330 g/mol. The molecule has 1 heteroatoms. The molecule has 1 fully saturated rings. The Morgan fingerprint density at radius 1 is 0.875 bits per heavy atom. The Kier molecular flexibility index (Phi) is 3.38. The molecule has 0 aliphatic heterocycles. The second-order valence-electron chi connectivity index (χ2n) is 7.33. The molecule has 24 heavy (non-hydrogen) atoms. The summed E-state index contributed by atoms with van der Waals surface area (Å²) >= 11 is 2.01. The molecular formula is C23H22S. The topological polar surface area (TPSA) is 0 Å². The number of rotatable bonds is 1. The molecule has 1 heterocycles. The fourth-order valence-corrected chi connectivity index (χ4v) is 5.77. The van der Waals surface area contributed by atoms with Gasteiger partial charge in [-0.25, -0.2) is 0 Å². The van der Waals surface area contributed by atoms with Gasteiger partial charge in [0.15, 0.2) is 0 Å². The molecule has 0 unspecified atom stereocenters. The maximum absolute atomic E-state index is 2.50. The third-order valence-electron chi connectivity index (χ3n) is 5.69. The van der Waals surface area contributed by atoms with Crippen molar-refractivity contribution in [2.24, 2.45) is 0 Å². The second-order valence-corrected chi connectivity index (χ2v) is 8.38. The predicted molar refractivity (Wildman–Crippen MR) is 107 cm³/mol. The van der Waals surface area contributed by atoms with E-state index in [9.17, 15) is 0 Å². The van der Waals surface area contributed by atoms with Gasteiger partial charge in [-0.3, -0.25) is 0 Å². The van der Waals surface area contributed by atoms with Crippen LogP contribution in [0.5, 0.6) is 0 Å². The van der Waals surface area contributed by atoms with Gasteiger partial charge >= 0.3 is 0 Å². The average molecular weight is 330 g/mol. The van der Waals surface area contributed by atoms with Crippen LogP contribution in [0.25, 0.3) is 30.9 Å². The summed E-state index contributed by atoms with van der Waals surface area (Å²) in [5, 5.41) is 5.77. The fourth-order valence-electron chi connectivity index (χ4n) is 4.48. The van der Waals surface area contributed by atoms with Crippen molar-refractivity contribution in [2.45, 2.75) is 44.9 Å². The quantitative estimate of drug-likeness (QED) is 0.338. The van der Waals surface area contributed by atoms with Crippen LogP contribution in [0.1, 0.15) is 49.1 Å². The first-order valence-corrected chi connectivity index (χ1v) is 9.97. The fraction of sp³-hybridized carbons (Fsp3) is 0.304. The van der Waals surface area contributed by atoms with Crippen LogP contribution in [-0.2, 0) is 0 Å². The van der Waals surface area contributed by atoms with Gasteiger partial charge < -0.3 is 0 Å². The second kappa shape index (κ2) is 5.60. The molecule has 4 aromatic rings. The van der Waals surface area contributed by atoms with Crippen LogP contribution in [0.2, 0.25) is 0 Å². The number of fused-ring (bicyclic) bond motifs is 5. The first kappa shape index (κ1) is 14.5. The van der Waals surface area contributed by atoms with Crippen LogP contribution >= 0.6 is 11.3 Å². The zero-order valence-corrected chi connectivity index (χ0v) is 15.0. The van der Waals surface area contributed by atoms with Crippen LogP contribution in [0.3, 0.4) is 0 Å². The van der Waals surface area contributed by atoms with Gasteiger partial charge in [0.1, 0.15) is 0 Å². The number of hydrogen-bond donors (Lipinski definition) is 0. The van der Waals surface area contributed by atoms with E-state index in [0.717, 1.165) is 5.92 Å². The maximum Gasteiger partial charge on any atom is 0.0396 e. The van der Waals surface area contributed by atoms with Crippen molar-refractivity contribution in [2.75, 3.05) is 0 Å². The van der Waals surface area contributed by atoms with Crippen LogP contribution in [-0.4, -0.2) is 0 Å². The van der Waals surface area contributed by atoms with Crippen molar-refractivity contribution in [3.63, 3.8) is 0 Å². The molecule has 0 bridgehead atoms. The Labute approximate surface area is 147 Å². The molecule has 0 amide bonds. The van der Waals surface area contributed by atoms with Crippen LogP contribution in [0.4, 0.5) is 0 Å². The van der Waals surface area contributed by atoms with Crippen LogP contribution in [0, 0.1) is 6.92 Å². The van der Waals surface area contributed by atoms with E-state index in [4.69, 9.17) is 0 Å². The smallest absolute Gasteiger partial charge is 0.0396 e. The number of thiophene rings is 1. The molecular weight excluding hydrogens is 308 g/mol. The Hall–Kier alpha value is -1.86. The number of benzene rings is 3. The lowest BCUT2D eigenvalue weighted by Gasteiger charge is -2.23. The number of hydrogen-bond acceptors (Lipinski definition) is 1. The minimum Gasteiger partial charge on any atom is -0.135 e. The van der Waals surface area contributed by atoms with Crippen molar-refractivity contribution < 1.29 is 0 Å². The highest BCUT2D eigenvalue weighted by molar-refractivity contribution is 7.26. The molecule has 1 aromatic heterocycles. The number of aryl methyl sites for hydroxylation is 1. The summed E-state index contributed by atoms with van der Waals surface area (Å²) in [6.07, 6.45) is 6.92. The van der Waals surface area contributed by atoms with Crippen molar-refractivity contribution in [1.29, 1.82) is 0 Å². The van der Waals surface area contributed by atoms with Gasteiger partial charge in [-0.2, -0.15) is 0 Å². The Morgan fingerprint density at radius 3 is 2.58 bits per heavy atom. The maximum atomic E-state index is 2.50. The van der Waals surface area contributed by atoms with Crippen LogP contribution in [0.15, 0.2) is 48.5 Å². The summed E-state index contributed by atoms with van der Waals surface area (Å²) < 4.78 is 2.98. The summed E-state index contributed by atoms with van der Waals surface area (Å²) in [4.78, 5) is 0. The molecule has 1 aliphatic rings. The van der Waals surface area contributed by atoms with Gasteiger partial charge in [0, 0.05) is 20.2 Å². The highest BCUT2D eigenvalue weighted by Gasteiger charge is 2.21. The molecule has 1 saturated carbocycles. The lowest BCUT2D eigenvalue weighted by Crippen LogP contribution is -2.04. The Morgan fingerprint density at radius 2 is 1.71 bits per heavy atom. The van der Waals surface area contributed by atoms with Crippen LogP contribution < -0.4 is 0 Å². The third kappa shape index (κ3) is 2.18. The summed E-state index contributed by atoms with van der Waals surface area (Å²) in [6, 6.07) is 18.4. The van der Waals surface area contributed by atoms with E-state index in [1.807, 2.05) is 11.3 Å². The van der Waals surface area contributed by atoms with Gasteiger partial charge in [0.2, 0.25) is 0 Å². The standard InChI is InChI=1S/C23H22S/c1-15-11-12-21-20(13-15)22-18-10-6-5-9-17(18)14-19(23(22)24-21)16-7-3-2-4-8-16/h5-6,9-14,16H,2-4,7-8H2,1H3. The molecule has 1 aliphatic carbocycles. The van der Waals surface area contributed by atoms with Gasteiger partial charge in [-0.15, -0.1) is 11.3 Å².